The van der Waals surface area contributed by atoms with E-state index in [0.29, 0.717) is 24.0 Å². The summed E-state index contributed by atoms with van der Waals surface area (Å²) >= 11 is 5.93. The van der Waals surface area contributed by atoms with Gasteiger partial charge in [0.25, 0.3) is 0 Å². The number of halogens is 1. The lowest BCUT2D eigenvalue weighted by Crippen LogP contribution is -2.53. The largest absolute Gasteiger partial charge is 0.381 e. The first-order chi connectivity index (χ1) is 14.1. The van der Waals surface area contributed by atoms with Gasteiger partial charge in [0.15, 0.2) is 0 Å². The van der Waals surface area contributed by atoms with Crippen LogP contribution in [-0.2, 0) is 19.1 Å². The van der Waals surface area contributed by atoms with Crippen LogP contribution in [0.1, 0.15) is 12.8 Å². The zero-order valence-corrected chi connectivity index (χ0v) is 17.3. The van der Waals surface area contributed by atoms with Gasteiger partial charge >= 0.3 is 0 Å². The summed E-state index contributed by atoms with van der Waals surface area (Å²) in [7, 11) is 0. The Kier molecular flexibility index (Phi) is 6.70. The average Bonchev–Trinajstić information content (AvgIpc) is 3.40. The molecule has 158 valence electrons. The van der Waals surface area contributed by atoms with Crippen molar-refractivity contribution >= 4 is 29.1 Å². The maximum Gasteiger partial charge on any atom is 0.227 e. The summed E-state index contributed by atoms with van der Waals surface area (Å²) in [5.41, 5.74) is 0.781. The number of hydrogen-bond acceptors (Lipinski definition) is 5. The average molecular weight is 422 g/mol. The summed E-state index contributed by atoms with van der Waals surface area (Å²) in [5, 5.41) is 3.75. The lowest BCUT2D eigenvalue weighted by atomic mass is 9.96. The van der Waals surface area contributed by atoms with Gasteiger partial charge in [-0.05, 0) is 30.7 Å². The van der Waals surface area contributed by atoms with Gasteiger partial charge in [0.05, 0.1) is 25.7 Å². The summed E-state index contributed by atoms with van der Waals surface area (Å²) in [6, 6.07) is 7.39. The number of morpholine rings is 1. The van der Waals surface area contributed by atoms with E-state index in [1.807, 2.05) is 12.1 Å². The second-order valence-corrected chi connectivity index (χ2v) is 8.40. The van der Waals surface area contributed by atoms with Crippen molar-refractivity contribution in [2.24, 2.45) is 11.8 Å². The molecule has 0 saturated carbocycles. The minimum absolute atomic E-state index is 0.0265. The number of carbonyl (C=O) groups is 2. The number of ether oxygens (including phenoxy) is 2. The fourth-order valence-electron chi connectivity index (χ4n) is 4.46. The standard InChI is InChI=1S/C21H28ClN3O4/c22-17-1-3-18(4-2-17)25-13-16(11-20(25)26)21(27)23-12-19(15-5-8-29-14-15)24-6-9-28-10-7-24/h1-4,15-16,19H,5-14H2,(H,23,27). The maximum atomic E-state index is 12.8. The second kappa shape index (κ2) is 9.43. The highest BCUT2D eigenvalue weighted by Gasteiger charge is 2.37. The van der Waals surface area contributed by atoms with Gasteiger partial charge in [0, 0.05) is 61.9 Å². The molecule has 0 spiro atoms. The molecule has 2 amide bonds. The number of amides is 2. The molecule has 29 heavy (non-hydrogen) atoms. The van der Waals surface area contributed by atoms with Crippen LogP contribution in [0, 0.1) is 11.8 Å². The number of hydrogen-bond donors (Lipinski definition) is 1. The third kappa shape index (κ3) is 4.91. The molecule has 1 aromatic rings. The van der Waals surface area contributed by atoms with Crippen LogP contribution in [0.5, 0.6) is 0 Å². The Morgan fingerprint density at radius 2 is 1.93 bits per heavy atom. The number of benzene rings is 1. The molecule has 7 nitrogen and oxygen atoms in total. The molecule has 3 aliphatic heterocycles. The predicted octanol–water partition coefficient (Wildman–Crippen LogP) is 1.55. The molecule has 0 bridgehead atoms. The highest BCUT2D eigenvalue weighted by atomic mass is 35.5. The van der Waals surface area contributed by atoms with Gasteiger partial charge in [-0.3, -0.25) is 14.5 Å². The van der Waals surface area contributed by atoms with Crippen molar-refractivity contribution in [3.8, 4) is 0 Å². The number of carbonyl (C=O) groups excluding carboxylic acids is 2. The van der Waals surface area contributed by atoms with E-state index in [1.165, 1.54) is 0 Å². The lowest BCUT2D eigenvalue weighted by molar-refractivity contribution is -0.126. The number of rotatable bonds is 6. The van der Waals surface area contributed by atoms with E-state index < -0.39 is 0 Å². The lowest BCUT2D eigenvalue weighted by Gasteiger charge is -2.37. The molecule has 3 saturated heterocycles. The van der Waals surface area contributed by atoms with Crippen LogP contribution in [0.4, 0.5) is 5.69 Å². The van der Waals surface area contributed by atoms with Gasteiger partial charge in [-0.25, -0.2) is 0 Å². The van der Waals surface area contributed by atoms with E-state index in [1.54, 1.807) is 17.0 Å². The molecule has 3 atom stereocenters. The van der Waals surface area contributed by atoms with Crippen LogP contribution in [-0.4, -0.2) is 75.4 Å². The van der Waals surface area contributed by atoms with E-state index in [-0.39, 0.29) is 30.2 Å². The van der Waals surface area contributed by atoms with Crippen molar-refractivity contribution in [1.29, 1.82) is 0 Å². The minimum atomic E-state index is -0.330. The maximum absolute atomic E-state index is 12.8. The third-order valence-electron chi connectivity index (χ3n) is 6.14. The summed E-state index contributed by atoms with van der Waals surface area (Å²) in [4.78, 5) is 29.4. The molecule has 0 aliphatic carbocycles. The normalized spacial score (nSPS) is 26.7. The molecule has 0 aromatic heterocycles. The molecular weight excluding hydrogens is 394 g/mol. The molecule has 3 aliphatic rings. The summed E-state index contributed by atoms with van der Waals surface area (Å²) < 4.78 is 11.1. The van der Waals surface area contributed by atoms with Gasteiger partial charge < -0.3 is 19.7 Å². The SMILES string of the molecule is O=C(NCC(C1CCOC1)N1CCOCC1)C1CC(=O)N(c2ccc(Cl)cc2)C1. The molecule has 3 unspecified atom stereocenters. The molecule has 8 heteroatoms. The fourth-order valence-corrected chi connectivity index (χ4v) is 4.59. The monoisotopic (exact) mass is 421 g/mol. The van der Waals surface area contributed by atoms with Gasteiger partial charge in [-0.2, -0.15) is 0 Å². The zero-order valence-electron chi connectivity index (χ0n) is 16.5. The van der Waals surface area contributed by atoms with E-state index in [4.69, 9.17) is 21.1 Å². The molecule has 3 fully saturated rings. The second-order valence-electron chi connectivity index (χ2n) is 7.97. The van der Waals surface area contributed by atoms with Crippen LogP contribution in [0.25, 0.3) is 0 Å². The zero-order chi connectivity index (χ0) is 20.2. The van der Waals surface area contributed by atoms with Crippen molar-refractivity contribution in [3.05, 3.63) is 29.3 Å². The van der Waals surface area contributed by atoms with Crippen molar-refractivity contribution < 1.29 is 19.1 Å². The third-order valence-corrected chi connectivity index (χ3v) is 6.40. The number of anilines is 1. The Bertz CT molecular complexity index is 717. The number of nitrogens with zero attached hydrogens (tertiary/aromatic N) is 2. The van der Waals surface area contributed by atoms with Gasteiger partial charge in [-0.15, -0.1) is 0 Å². The predicted molar refractivity (Wildman–Crippen MR) is 110 cm³/mol. The molecule has 0 radical (unpaired) electrons. The van der Waals surface area contributed by atoms with E-state index in [0.717, 1.165) is 51.6 Å². The topological polar surface area (TPSA) is 71.1 Å². The Labute approximate surface area is 176 Å². The van der Waals surface area contributed by atoms with Gasteiger partial charge in [-0.1, -0.05) is 11.6 Å². The fraction of sp³-hybridized carbons (Fsp3) is 0.619. The van der Waals surface area contributed by atoms with E-state index in [2.05, 4.69) is 10.2 Å². The number of nitrogens with one attached hydrogen (secondary N) is 1. The van der Waals surface area contributed by atoms with Crippen LogP contribution in [0.3, 0.4) is 0 Å². The summed E-state index contributed by atoms with van der Waals surface area (Å²) in [5.74, 6) is 0.0147. The van der Waals surface area contributed by atoms with Crippen LogP contribution in [0.15, 0.2) is 24.3 Å². The Morgan fingerprint density at radius 1 is 1.17 bits per heavy atom. The molecule has 4 rings (SSSR count). The summed E-state index contributed by atoms with van der Waals surface area (Å²) in [6.07, 6.45) is 1.26. The van der Waals surface area contributed by atoms with E-state index >= 15 is 0 Å². The van der Waals surface area contributed by atoms with Crippen LogP contribution >= 0.6 is 11.6 Å². The van der Waals surface area contributed by atoms with Crippen molar-refractivity contribution in [3.63, 3.8) is 0 Å². The first-order valence-electron chi connectivity index (χ1n) is 10.3. The first kappa shape index (κ1) is 20.6. The van der Waals surface area contributed by atoms with Gasteiger partial charge in [0.2, 0.25) is 11.8 Å². The summed E-state index contributed by atoms with van der Waals surface area (Å²) in [6.45, 7) is 5.72. The smallest absolute Gasteiger partial charge is 0.227 e. The highest BCUT2D eigenvalue weighted by Crippen LogP contribution is 2.27. The first-order valence-corrected chi connectivity index (χ1v) is 10.7. The molecule has 1 aromatic carbocycles. The minimum Gasteiger partial charge on any atom is -0.381 e. The van der Waals surface area contributed by atoms with Crippen molar-refractivity contribution in [1.82, 2.24) is 10.2 Å². The Balaban J connectivity index is 1.35. The van der Waals surface area contributed by atoms with Crippen LogP contribution < -0.4 is 10.2 Å². The quantitative estimate of drug-likeness (QED) is 0.754. The Hall–Kier alpha value is -1.67. The van der Waals surface area contributed by atoms with Crippen molar-refractivity contribution in [2.45, 2.75) is 18.9 Å². The molecule has 1 N–H and O–H groups in total. The highest BCUT2D eigenvalue weighted by molar-refractivity contribution is 6.30. The molecule has 3 heterocycles. The van der Waals surface area contributed by atoms with Gasteiger partial charge in [0.1, 0.15) is 0 Å². The Morgan fingerprint density at radius 3 is 2.62 bits per heavy atom. The van der Waals surface area contributed by atoms with E-state index in [9.17, 15) is 9.59 Å². The van der Waals surface area contributed by atoms with Crippen LogP contribution in [0.2, 0.25) is 5.02 Å². The molecular formula is C21H28ClN3O4. The van der Waals surface area contributed by atoms with Crippen molar-refractivity contribution in [2.75, 3.05) is 57.5 Å².